The lowest BCUT2D eigenvalue weighted by atomic mass is 10.1. The molecule has 17 heavy (non-hydrogen) atoms. The fraction of sp³-hybridized carbons (Fsp3) is 0.273. The van der Waals surface area contributed by atoms with Crippen molar-refractivity contribution in [1.82, 2.24) is 20.0 Å². The van der Waals surface area contributed by atoms with Gasteiger partial charge < -0.3 is 5.73 Å². The van der Waals surface area contributed by atoms with E-state index in [4.69, 9.17) is 5.73 Å². The molecule has 2 aromatic rings. The quantitative estimate of drug-likeness (QED) is 0.820. The van der Waals surface area contributed by atoms with E-state index in [1.54, 1.807) is 17.1 Å². The predicted molar refractivity (Wildman–Crippen MR) is 59.1 cm³/mol. The first kappa shape index (κ1) is 9.95. The number of carbonyl (C=O) groups excluding carboxylic acids is 1. The van der Waals surface area contributed by atoms with Crippen LogP contribution in [0, 0.1) is 0 Å². The monoisotopic (exact) mass is 229 g/mol. The molecule has 3 rings (SSSR count). The molecule has 0 atom stereocenters. The maximum absolute atomic E-state index is 11.0. The van der Waals surface area contributed by atoms with Crippen LogP contribution in [0.3, 0.4) is 0 Å². The van der Waals surface area contributed by atoms with Gasteiger partial charge in [0.15, 0.2) is 5.69 Å². The van der Waals surface area contributed by atoms with Gasteiger partial charge in [0.05, 0.1) is 11.7 Å². The molecule has 0 unspecified atom stereocenters. The Morgan fingerprint density at radius 1 is 1.47 bits per heavy atom. The van der Waals surface area contributed by atoms with E-state index < -0.39 is 5.91 Å². The van der Waals surface area contributed by atoms with Crippen molar-refractivity contribution in [3.8, 4) is 0 Å². The molecule has 0 aliphatic heterocycles. The molecule has 1 saturated carbocycles. The van der Waals surface area contributed by atoms with Crippen molar-refractivity contribution in [2.75, 3.05) is 0 Å². The number of aromatic nitrogens is 4. The molecule has 2 aromatic heterocycles. The first-order chi connectivity index (χ1) is 8.22. The average molecular weight is 229 g/mol. The molecule has 86 valence electrons. The normalized spacial score (nSPS) is 16.7. The Morgan fingerprint density at radius 3 is 2.82 bits per heavy atom. The van der Waals surface area contributed by atoms with E-state index in [-0.39, 0.29) is 11.2 Å². The molecule has 2 N–H and O–H groups in total. The number of nitrogens with zero attached hydrogens (tertiary/aromatic N) is 4. The zero-order valence-electron chi connectivity index (χ0n) is 9.08. The van der Waals surface area contributed by atoms with Gasteiger partial charge in [-0.2, -0.15) is 0 Å². The van der Waals surface area contributed by atoms with E-state index in [1.807, 2.05) is 18.3 Å². The van der Waals surface area contributed by atoms with Gasteiger partial charge in [-0.25, -0.2) is 4.68 Å². The van der Waals surface area contributed by atoms with Gasteiger partial charge in [-0.15, -0.1) is 5.10 Å². The molecular formula is C11H11N5O. The van der Waals surface area contributed by atoms with E-state index in [9.17, 15) is 4.79 Å². The summed E-state index contributed by atoms with van der Waals surface area (Å²) in [5, 5.41) is 7.75. The third kappa shape index (κ3) is 1.49. The van der Waals surface area contributed by atoms with Crippen LogP contribution >= 0.6 is 0 Å². The molecule has 6 nitrogen and oxygen atoms in total. The predicted octanol–water partition coefficient (Wildman–Crippen LogP) is 0.309. The first-order valence-corrected chi connectivity index (χ1v) is 5.35. The lowest BCUT2D eigenvalue weighted by molar-refractivity contribution is 0.0995. The minimum atomic E-state index is -0.557. The molecule has 6 heteroatoms. The number of amides is 1. The fourth-order valence-electron chi connectivity index (χ4n) is 1.99. The van der Waals surface area contributed by atoms with Gasteiger partial charge >= 0.3 is 0 Å². The minimum Gasteiger partial charge on any atom is -0.364 e. The van der Waals surface area contributed by atoms with E-state index >= 15 is 0 Å². The van der Waals surface area contributed by atoms with Crippen molar-refractivity contribution in [2.45, 2.75) is 18.4 Å². The Hall–Kier alpha value is -2.24. The van der Waals surface area contributed by atoms with E-state index in [0.29, 0.717) is 0 Å². The lowest BCUT2D eigenvalue weighted by Gasteiger charge is -2.14. The second-order valence-electron chi connectivity index (χ2n) is 4.19. The van der Waals surface area contributed by atoms with Crippen LogP contribution in [0.1, 0.15) is 28.9 Å². The highest BCUT2D eigenvalue weighted by Crippen LogP contribution is 2.48. The molecule has 1 aliphatic rings. The van der Waals surface area contributed by atoms with E-state index in [2.05, 4.69) is 15.3 Å². The van der Waals surface area contributed by atoms with Gasteiger partial charge in [-0.05, 0) is 24.5 Å². The summed E-state index contributed by atoms with van der Waals surface area (Å²) in [6.07, 6.45) is 7.09. The molecule has 0 spiro atoms. The molecule has 1 aliphatic carbocycles. The van der Waals surface area contributed by atoms with Crippen LogP contribution in [0.2, 0.25) is 0 Å². The summed E-state index contributed by atoms with van der Waals surface area (Å²) in [5.41, 5.74) is 6.26. The molecule has 1 fully saturated rings. The molecule has 1 amide bonds. The standard InChI is InChI=1S/C11H11N5O/c12-10(17)9-7-16(15-14-9)11(3-4-11)8-2-1-5-13-6-8/h1-2,5-7H,3-4H2,(H2,12,17). The van der Waals surface area contributed by atoms with Crippen LogP contribution < -0.4 is 5.73 Å². The third-order valence-corrected chi connectivity index (χ3v) is 3.11. The number of hydrogen-bond acceptors (Lipinski definition) is 4. The van der Waals surface area contributed by atoms with Crippen LogP contribution in [-0.4, -0.2) is 25.9 Å². The minimum absolute atomic E-state index is 0.186. The Balaban J connectivity index is 2.01. The second-order valence-corrected chi connectivity index (χ2v) is 4.19. The topological polar surface area (TPSA) is 86.7 Å². The fourth-order valence-corrected chi connectivity index (χ4v) is 1.99. The summed E-state index contributed by atoms with van der Waals surface area (Å²) in [6.45, 7) is 0. The molecule has 0 radical (unpaired) electrons. The number of rotatable bonds is 3. The maximum Gasteiger partial charge on any atom is 0.270 e. The van der Waals surface area contributed by atoms with Crippen molar-refractivity contribution in [3.63, 3.8) is 0 Å². The van der Waals surface area contributed by atoms with Gasteiger partial charge in [-0.1, -0.05) is 11.3 Å². The van der Waals surface area contributed by atoms with Gasteiger partial charge in [0.25, 0.3) is 5.91 Å². The largest absolute Gasteiger partial charge is 0.364 e. The smallest absolute Gasteiger partial charge is 0.270 e. The van der Waals surface area contributed by atoms with E-state index in [0.717, 1.165) is 18.4 Å². The highest BCUT2D eigenvalue weighted by molar-refractivity contribution is 5.90. The number of hydrogen-bond donors (Lipinski definition) is 1. The summed E-state index contributed by atoms with van der Waals surface area (Å²) in [5.74, 6) is -0.557. The van der Waals surface area contributed by atoms with Crippen LogP contribution in [0.15, 0.2) is 30.7 Å². The van der Waals surface area contributed by atoms with Crippen LogP contribution in [0.25, 0.3) is 0 Å². The molecule has 0 saturated heterocycles. The number of pyridine rings is 1. The van der Waals surface area contributed by atoms with Crippen LogP contribution in [0.4, 0.5) is 0 Å². The highest BCUT2D eigenvalue weighted by Gasteiger charge is 2.47. The highest BCUT2D eigenvalue weighted by atomic mass is 16.1. The molecule has 0 aromatic carbocycles. The Bertz CT molecular complexity index is 558. The lowest BCUT2D eigenvalue weighted by Crippen LogP contribution is -2.19. The van der Waals surface area contributed by atoms with Gasteiger partial charge in [0.1, 0.15) is 0 Å². The van der Waals surface area contributed by atoms with Gasteiger partial charge in [-0.3, -0.25) is 9.78 Å². The number of carbonyl (C=O) groups is 1. The summed E-state index contributed by atoms with van der Waals surface area (Å²) in [4.78, 5) is 15.1. The van der Waals surface area contributed by atoms with Gasteiger partial charge in [0, 0.05) is 12.4 Å². The van der Waals surface area contributed by atoms with Crippen molar-refractivity contribution >= 4 is 5.91 Å². The van der Waals surface area contributed by atoms with Gasteiger partial charge in [0.2, 0.25) is 0 Å². The van der Waals surface area contributed by atoms with Crippen molar-refractivity contribution in [3.05, 3.63) is 42.0 Å². The first-order valence-electron chi connectivity index (χ1n) is 5.35. The van der Waals surface area contributed by atoms with Crippen molar-refractivity contribution in [1.29, 1.82) is 0 Å². The summed E-state index contributed by atoms with van der Waals surface area (Å²) in [7, 11) is 0. The Kier molecular flexibility index (Phi) is 1.98. The Labute approximate surface area is 97.5 Å². The van der Waals surface area contributed by atoms with Crippen molar-refractivity contribution in [2.24, 2.45) is 5.73 Å². The maximum atomic E-state index is 11.0. The summed E-state index contributed by atoms with van der Waals surface area (Å²) in [6, 6.07) is 3.90. The molecule has 0 bridgehead atoms. The average Bonchev–Trinajstić information content (AvgIpc) is 3.00. The zero-order valence-corrected chi connectivity index (χ0v) is 9.08. The van der Waals surface area contributed by atoms with Crippen molar-refractivity contribution < 1.29 is 4.79 Å². The molecular weight excluding hydrogens is 218 g/mol. The summed E-state index contributed by atoms with van der Waals surface area (Å²) < 4.78 is 1.71. The second kappa shape index (κ2) is 3.38. The Morgan fingerprint density at radius 2 is 2.29 bits per heavy atom. The number of primary amides is 1. The zero-order chi connectivity index (χ0) is 11.9. The van der Waals surface area contributed by atoms with E-state index in [1.165, 1.54) is 0 Å². The van der Waals surface area contributed by atoms with Crippen LogP contribution in [0.5, 0.6) is 0 Å². The summed E-state index contributed by atoms with van der Waals surface area (Å²) >= 11 is 0. The molecule has 2 heterocycles. The SMILES string of the molecule is NC(=O)c1cn(C2(c3cccnc3)CC2)nn1. The van der Waals surface area contributed by atoms with Crippen LogP contribution in [-0.2, 0) is 5.54 Å². The third-order valence-electron chi connectivity index (χ3n) is 3.11. The number of nitrogens with two attached hydrogens (primary N) is 1.